The number of fused-ring (bicyclic) bond motifs is 1. The van der Waals surface area contributed by atoms with Crippen molar-refractivity contribution < 1.29 is 9.59 Å². The number of aryl methyl sites for hydroxylation is 1. The molecule has 0 unspecified atom stereocenters. The monoisotopic (exact) mass is 327 g/mol. The van der Waals surface area contributed by atoms with E-state index in [1.165, 1.54) is 6.92 Å². The minimum absolute atomic E-state index is 0.113. The van der Waals surface area contributed by atoms with Crippen LogP contribution in [-0.2, 0) is 17.9 Å². The van der Waals surface area contributed by atoms with Crippen LogP contribution >= 0.6 is 0 Å². The Balaban J connectivity index is 1.95. The smallest absolute Gasteiger partial charge is 0.318 e. The highest BCUT2D eigenvalue weighted by Crippen LogP contribution is 2.34. The first-order valence-electron chi connectivity index (χ1n) is 7.98. The molecule has 3 rings (SSSR count). The van der Waals surface area contributed by atoms with Crippen molar-refractivity contribution in [2.75, 3.05) is 11.4 Å². The lowest BCUT2D eigenvalue weighted by Gasteiger charge is -2.22. The van der Waals surface area contributed by atoms with Crippen molar-refractivity contribution in [2.24, 2.45) is 0 Å². The standard InChI is InChI=1S/C17H21N5O2/c1-4-18-17(24)21-9-13-14(10-21)19-20-16(13)22(12(3)23)15-8-6-5-7-11(15)2/h5-8H,4,9-10H2,1-3H3,(H,18,24)(H,19,20). The van der Waals surface area contributed by atoms with E-state index in [1.54, 1.807) is 9.80 Å². The summed E-state index contributed by atoms with van der Waals surface area (Å²) in [6.45, 7) is 6.84. The molecule has 7 nitrogen and oxygen atoms in total. The molecule has 2 N–H and O–H groups in total. The summed E-state index contributed by atoms with van der Waals surface area (Å²) in [5.74, 6) is 0.452. The van der Waals surface area contributed by atoms with E-state index in [1.807, 2.05) is 38.1 Å². The van der Waals surface area contributed by atoms with E-state index in [-0.39, 0.29) is 11.9 Å². The van der Waals surface area contributed by atoms with Gasteiger partial charge in [-0.15, -0.1) is 0 Å². The number of anilines is 2. The van der Waals surface area contributed by atoms with Crippen LogP contribution in [0.5, 0.6) is 0 Å². The van der Waals surface area contributed by atoms with E-state index in [2.05, 4.69) is 15.5 Å². The van der Waals surface area contributed by atoms with E-state index in [0.29, 0.717) is 25.5 Å². The van der Waals surface area contributed by atoms with E-state index in [0.717, 1.165) is 22.5 Å². The van der Waals surface area contributed by atoms with Crippen LogP contribution in [-0.4, -0.2) is 33.6 Å². The molecule has 0 saturated heterocycles. The molecule has 2 aromatic rings. The zero-order valence-corrected chi connectivity index (χ0v) is 14.1. The van der Waals surface area contributed by atoms with Gasteiger partial charge in [0.2, 0.25) is 5.91 Å². The number of H-pyrrole nitrogens is 1. The first kappa shape index (κ1) is 16.0. The summed E-state index contributed by atoms with van der Waals surface area (Å²) in [6.07, 6.45) is 0. The predicted octanol–water partition coefficient (Wildman–Crippen LogP) is 2.45. The molecule has 3 amide bonds. The van der Waals surface area contributed by atoms with Crippen LogP contribution in [0, 0.1) is 6.92 Å². The van der Waals surface area contributed by atoms with Crippen LogP contribution in [0.4, 0.5) is 16.3 Å². The lowest BCUT2D eigenvalue weighted by molar-refractivity contribution is -0.115. The van der Waals surface area contributed by atoms with Crippen molar-refractivity contribution in [2.45, 2.75) is 33.9 Å². The Kier molecular flexibility index (Phi) is 4.24. The van der Waals surface area contributed by atoms with Gasteiger partial charge in [0, 0.05) is 19.0 Å². The molecule has 2 heterocycles. The fourth-order valence-electron chi connectivity index (χ4n) is 2.96. The number of carbonyl (C=O) groups excluding carboxylic acids is 2. The van der Waals surface area contributed by atoms with Gasteiger partial charge in [0.25, 0.3) is 0 Å². The number of amides is 3. The highest BCUT2D eigenvalue weighted by atomic mass is 16.2. The Morgan fingerprint density at radius 1 is 1.33 bits per heavy atom. The highest BCUT2D eigenvalue weighted by Gasteiger charge is 2.31. The van der Waals surface area contributed by atoms with Gasteiger partial charge in [-0.3, -0.25) is 14.8 Å². The van der Waals surface area contributed by atoms with E-state index in [9.17, 15) is 9.59 Å². The maximum absolute atomic E-state index is 12.3. The average molecular weight is 327 g/mol. The molecule has 0 spiro atoms. The van der Waals surface area contributed by atoms with Gasteiger partial charge in [-0.05, 0) is 25.5 Å². The maximum Gasteiger partial charge on any atom is 0.318 e. The lowest BCUT2D eigenvalue weighted by atomic mass is 10.1. The minimum atomic E-state index is -0.116. The van der Waals surface area contributed by atoms with Gasteiger partial charge in [0.05, 0.1) is 24.5 Å². The number of aromatic nitrogens is 2. The molecular formula is C17H21N5O2. The number of urea groups is 1. The minimum Gasteiger partial charge on any atom is -0.338 e. The molecule has 0 radical (unpaired) electrons. The Bertz CT molecular complexity index is 783. The molecule has 0 bridgehead atoms. The number of hydrogen-bond acceptors (Lipinski definition) is 3. The number of aromatic amines is 1. The van der Waals surface area contributed by atoms with Gasteiger partial charge < -0.3 is 10.2 Å². The number of benzene rings is 1. The van der Waals surface area contributed by atoms with Gasteiger partial charge >= 0.3 is 6.03 Å². The third kappa shape index (κ3) is 2.73. The zero-order chi connectivity index (χ0) is 17.3. The van der Waals surface area contributed by atoms with E-state index < -0.39 is 0 Å². The topological polar surface area (TPSA) is 81.3 Å². The van der Waals surface area contributed by atoms with Gasteiger partial charge in [0.1, 0.15) is 0 Å². The summed E-state index contributed by atoms with van der Waals surface area (Å²) in [5.41, 5.74) is 3.55. The fraction of sp³-hybridized carbons (Fsp3) is 0.353. The summed E-state index contributed by atoms with van der Waals surface area (Å²) in [6, 6.07) is 7.57. The molecular weight excluding hydrogens is 306 g/mol. The summed E-state index contributed by atoms with van der Waals surface area (Å²) in [5, 5.41) is 10.1. The second kappa shape index (κ2) is 6.35. The number of carbonyl (C=O) groups is 2. The molecule has 126 valence electrons. The van der Waals surface area contributed by atoms with Crippen molar-refractivity contribution in [3.05, 3.63) is 41.1 Å². The summed E-state index contributed by atoms with van der Waals surface area (Å²) < 4.78 is 0. The molecule has 24 heavy (non-hydrogen) atoms. The maximum atomic E-state index is 12.3. The molecule has 0 saturated carbocycles. The molecule has 1 aromatic heterocycles. The number of rotatable bonds is 3. The van der Waals surface area contributed by atoms with Crippen LogP contribution in [0.3, 0.4) is 0 Å². The van der Waals surface area contributed by atoms with E-state index >= 15 is 0 Å². The summed E-state index contributed by atoms with van der Waals surface area (Å²) in [4.78, 5) is 27.6. The van der Waals surface area contributed by atoms with Gasteiger partial charge in [-0.25, -0.2) is 4.79 Å². The second-order valence-corrected chi connectivity index (χ2v) is 5.84. The molecule has 0 fully saturated rings. The van der Waals surface area contributed by atoms with Crippen LogP contribution in [0.25, 0.3) is 0 Å². The summed E-state index contributed by atoms with van der Waals surface area (Å²) in [7, 11) is 0. The summed E-state index contributed by atoms with van der Waals surface area (Å²) >= 11 is 0. The average Bonchev–Trinajstić information content (AvgIpc) is 3.11. The number of nitrogens with zero attached hydrogens (tertiary/aromatic N) is 3. The van der Waals surface area contributed by atoms with Crippen molar-refractivity contribution >= 4 is 23.4 Å². The zero-order valence-electron chi connectivity index (χ0n) is 14.1. The van der Waals surface area contributed by atoms with Crippen LogP contribution in [0.2, 0.25) is 0 Å². The van der Waals surface area contributed by atoms with Gasteiger partial charge in [-0.1, -0.05) is 18.2 Å². The third-order valence-corrected chi connectivity index (χ3v) is 4.13. The Hall–Kier alpha value is -2.83. The first-order valence-corrected chi connectivity index (χ1v) is 7.98. The second-order valence-electron chi connectivity index (χ2n) is 5.84. The molecule has 7 heteroatoms. The Morgan fingerprint density at radius 2 is 2.08 bits per heavy atom. The van der Waals surface area contributed by atoms with Gasteiger partial charge in [-0.2, -0.15) is 5.10 Å². The third-order valence-electron chi connectivity index (χ3n) is 4.13. The molecule has 1 aliphatic rings. The highest BCUT2D eigenvalue weighted by molar-refractivity contribution is 5.99. The Labute approximate surface area is 140 Å². The SMILES string of the molecule is CCNC(=O)N1Cc2[nH]nc(N(C(C)=O)c3ccccc3C)c2C1. The molecule has 0 aliphatic carbocycles. The largest absolute Gasteiger partial charge is 0.338 e. The number of para-hydroxylation sites is 1. The quantitative estimate of drug-likeness (QED) is 0.908. The van der Waals surface area contributed by atoms with Gasteiger partial charge in [0.15, 0.2) is 5.82 Å². The predicted molar refractivity (Wildman–Crippen MR) is 90.9 cm³/mol. The van der Waals surface area contributed by atoms with Crippen molar-refractivity contribution in [1.82, 2.24) is 20.4 Å². The van der Waals surface area contributed by atoms with Crippen molar-refractivity contribution in [3.63, 3.8) is 0 Å². The molecule has 1 aliphatic heterocycles. The Morgan fingerprint density at radius 3 is 2.75 bits per heavy atom. The van der Waals surface area contributed by atoms with Crippen LogP contribution < -0.4 is 10.2 Å². The van der Waals surface area contributed by atoms with Crippen molar-refractivity contribution in [1.29, 1.82) is 0 Å². The van der Waals surface area contributed by atoms with Crippen molar-refractivity contribution in [3.8, 4) is 0 Å². The normalized spacial score (nSPS) is 12.9. The molecule has 0 atom stereocenters. The van der Waals surface area contributed by atoms with Crippen LogP contribution in [0.15, 0.2) is 24.3 Å². The lowest BCUT2D eigenvalue weighted by Crippen LogP contribution is -2.36. The van der Waals surface area contributed by atoms with E-state index in [4.69, 9.17) is 0 Å². The first-order chi connectivity index (χ1) is 11.5. The number of nitrogens with one attached hydrogen (secondary N) is 2. The van der Waals surface area contributed by atoms with Crippen LogP contribution in [0.1, 0.15) is 30.7 Å². The molecule has 1 aromatic carbocycles. The number of hydrogen-bond donors (Lipinski definition) is 2. The fourth-order valence-corrected chi connectivity index (χ4v) is 2.96.